The van der Waals surface area contributed by atoms with Crippen LogP contribution in [0, 0.1) is 5.82 Å². The number of rotatable bonds is 4. The first kappa shape index (κ1) is 18.5. The van der Waals surface area contributed by atoms with Gasteiger partial charge in [0.05, 0.1) is 44.2 Å². The molecule has 1 saturated heterocycles. The first-order valence-corrected chi connectivity index (χ1v) is 13.3. The van der Waals surface area contributed by atoms with Crippen molar-refractivity contribution in [3.05, 3.63) is 70.1 Å². The lowest BCUT2D eigenvalue weighted by atomic mass is 10.1. The number of halogens is 3. The van der Waals surface area contributed by atoms with Crippen molar-refractivity contribution in [3.8, 4) is 0 Å². The Morgan fingerprint density at radius 3 is 2.51 bits per heavy atom. The average molecular weight is 582 g/mol. The quantitative estimate of drug-likeness (QED) is 0.351. The van der Waals surface area contributed by atoms with E-state index in [9.17, 15) is 12.8 Å². The zero-order valence-electron chi connectivity index (χ0n) is 22.0. The van der Waals surface area contributed by atoms with E-state index in [0.29, 0.717) is 36.8 Å². The topological polar surface area (TPSA) is 84.2 Å². The molecule has 0 amide bonds. The van der Waals surface area contributed by atoms with Crippen molar-refractivity contribution in [2.24, 2.45) is 0 Å². The molecular formula is C23H19BrClFN6O2S. The van der Waals surface area contributed by atoms with Crippen molar-refractivity contribution in [2.75, 3.05) is 29.4 Å². The Bertz CT molecular complexity index is 1740. The number of piperazine rings is 1. The maximum atomic E-state index is 13.9. The highest BCUT2D eigenvalue weighted by Gasteiger charge is 2.53. The number of nitrogens with zero attached hydrogens (tertiary/aromatic N) is 6. The number of hydrogen-bond acceptors (Lipinski definition) is 7. The Morgan fingerprint density at radius 2 is 1.83 bits per heavy atom. The minimum atomic E-state index is -4.68. The van der Waals surface area contributed by atoms with E-state index in [1.165, 1.54) is 6.07 Å². The second-order valence-electron chi connectivity index (χ2n) is 8.45. The number of hydrogen-bond donors (Lipinski definition) is 0. The summed E-state index contributed by atoms with van der Waals surface area (Å²) in [6.07, 6.45) is 3.81. The third kappa shape index (κ3) is 3.76. The molecule has 6 rings (SSSR count). The molecule has 1 aliphatic heterocycles. The van der Waals surface area contributed by atoms with Crippen LogP contribution in [0.4, 0.5) is 16.2 Å². The highest BCUT2D eigenvalue weighted by molar-refractivity contribution is 9.10. The van der Waals surface area contributed by atoms with Crippen LogP contribution < -0.4 is 9.80 Å². The Morgan fingerprint density at radius 1 is 1.11 bits per heavy atom. The molecule has 0 N–H and O–H groups in total. The molecule has 1 aliphatic carbocycles. The normalized spacial score (nSPS) is 18.9. The number of aromatic nitrogens is 4. The van der Waals surface area contributed by atoms with E-state index < -0.39 is 50.4 Å². The first-order valence-electron chi connectivity index (χ1n) is 12.6. The van der Waals surface area contributed by atoms with Crippen molar-refractivity contribution < 1.29 is 18.3 Å². The summed E-state index contributed by atoms with van der Waals surface area (Å²) in [6.45, 7) is 1.40. The van der Waals surface area contributed by atoms with E-state index in [-0.39, 0.29) is 15.0 Å². The fourth-order valence-corrected chi connectivity index (χ4v) is 6.06. The van der Waals surface area contributed by atoms with Crippen LogP contribution in [-0.4, -0.2) is 52.7 Å². The summed E-state index contributed by atoms with van der Waals surface area (Å²) in [5.74, 6) is 0.208. The van der Waals surface area contributed by atoms with E-state index in [0.717, 1.165) is 29.3 Å². The van der Waals surface area contributed by atoms with E-state index >= 15 is 0 Å². The van der Waals surface area contributed by atoms with Gasteiger partial charge in [0, 0.05) is 24.1 Å². The molecule has 3 heterocycles. The van der Waals surface area contributed by atoms with Crippen molar-refractivity contribution in [1.82, 2.24) is 19.2 Å². The van der Waals surface area contributed by atoms with Gasteiger partial charge in [-0.3, -0.25) is 0 Å². The van der Waals surface area contributed by atoms with Gasteiger partial charge in [-0.15, -0.1) is 5.10 Å². The van der Waals surface area contributed by atoms with Gasteiger partial charge in [-0.2, -0.15) is 12.5 Å². The van der Waals surface area contributed by atoms with Crippen LogP contribution >= 0.6 is 27.5 Å². The van der Waals surface area contributed by atoms with Crippen LogP contribution in [0.1, 0.15) is 18.3 Å². The van der Waals surface area contributed by atoms with Crippen molar-refractivity contribution in [3.63, 3.8) is 0 Å². The molecule has 2 aromatic carbocycles. The Hall–Kier alpha value is -2.76. The molecule has 35 heavy (non-hydrogen) atoms. The van der Waals surface area contributed by atoms with Crippen LogP contribution in [0.15, 0.2) is 64.1 Å². The molecule has 8 nitrogen and oxygen atoms in total. The first-order chi connectivity index (χ1) is 18.5. The molecule has 4 aromatic rings. The zero-order chi connectivity index (χ0) is 27.9. The minimum absolute atomic E-state index is 0.135. The van der Waals surface area contributed by atoms with Gasteiger partial charge in [-0.1, -0.05) is 33.6 Å². The number of fused-ring (bicyclic) bond motifs is 1. The van der Waals surface area contributed by atoms with Gasteiger partial charge in [0.1, 0.15) is 0 Å². The fourth-order valence-electron chi connectivity index (χ4n) is 4.48. The van der Waals surface area contributed by atoms with Crippen molar-refractivity contribution in [1.29, 1.82) is 0 Å². The van der Waals surface area contributed by atoms with Gasteiger partial charge in [0.25, 0.3) is 10.0 Å². The van der Waals surface area contributed by atoms with Gasteiger partial charge in [-0.25, -0.2) is 14.4 Å². The molecule has 0 atom stereocenters. The molecule has 1 spiro atoms. The Balaban J connectivity index is 1.48. The molecular weight excluding hydrogens is 559 g/mol. The summed E-state index contributed by atoms with van der Waals surface area (Å²) < 4.78 is 74.6. The molecule has 1 saturated carbocycles. The number of anilines is 2. The SMILES string of the molecule is [2H]c1c([2H])c(S(=O)(=O)n2nc(N3CCN(c4ncc(F)cn4)CC34CC4)c3c(Cl)cccc32)c([2H])c([2H])c1Br. The molecule has 180 valence electrons. The monoisotopic (exact) mass is 580 g/mol. The van der Waals surface area contributed by atoms with Gasteiger partial charge in [0.2, 0.25) is 5.95 Å². The van der Waals surface area contributed by atoms with Crippen molar-refractivity contribution in [2.45, 2.75) is 23.3 Å². The third-order valence-corrected chi connectivity index (χ3v) is 8.45. The lowest BCUT2D eigenvalue weighted by Gasteiger charge is -2.42. The van der Waals surface area contributed by atoms with Gasteiger partial charge in [-0.05, 0) is 49.1 Å². The molecule has 0 bridgehead atoms. The molecule has 2 aromatic heterocycles. The Labute approximate surface area is 220 Å². The van der Waals surface area contributed by atoms with Crippen LogP contribution in [-0.2, 0) is 10.0 Å². The lowest BCUT2D eigenvalue weighted by molar-refractivity contribution is 0.497. The highest BCUT2D eigenvalue weighted by Crippen LogP contribution is 2.49. The van der Waals surface area contributed by atoms with E-state index in [1.54, 1.807) is 12.1 Å². The Kier molecular flexibility index (Phi) is 4.30. The molecule has 0 unspecified atom stereocenters. The molecule has 0 radical (unpaired) electrons. The second-order valence-corrected chi connectivity index (χ2v) is 11.4. The summed E-state index contributed by atoms with van der Waals surface area (Å²) in [4.78, 5) is 11.4. The van der Waals surface area contributed by atoms with Crippen LogP contribution in [0.3, 0.4) is 0 Å². The largest absolute Gasteiger partial charge is 0.345 e. The zero-order valence-corrected chi connectivity index (χ0v) is 21.1. The maximum Gasteiger partial charge on any atom is 0.283 e. The average Bonchev–Trinajstić information content (AvgIpc) is 3.54. The fraction of sp³-hybridized carbons (Fsp3) is 0.261. The summed E-state index contributed by atoms with van der Waals surface area (Å²) in [6, 6.07) is 2.30. The predicted molar refractivity (Wildman–Crippen MR) is 135 cm³/mol. The smallest absolute Gasteiger partial charge is 0.283 e. The van der Waals surface area contributed by atoms with Gasteiger partial charge in [0.15, 0.2) is 11.6 Å². The standard InChI is InChI=1S/C23H19BrClFN6O2S/c24-15-4-6-17(7-5-15)35(33,34)32-19-3-1-2-18(25)20(19)21(29-32)31-11-10-30(14-23(31)8-9-23)22-27-12-16(26)13-28-22/h1-7,12-13H,8-11,14H2/i4D,5D,6D,7D. The van der Waals surface area contributed by atoms with Crippen LogP contribution in [0.25, 0.3) is 10.9 Å². The van der Waals surface area contributed by atoms with Crippen molar-refractivity contribution >= 4 is 60.2 Å². The highest BCUT2D eigenvalue weighted by atomic mass is 79.9. The van der Waals surface area contributed by atoms with Crippen LogP contribution in [0.5, 0.6) is 0 Å². The van der Waals surface area contributed by atoms with Crippen LogP contribution in [0.2, 0.25) is 5.02 Å². The molecule has 2 fully saturated rings. The lowest BCUT2D eigenvalue weighted by Crippen LogP contribution is -2.56. The maximum absolute atomic E-state index is 13.9. The third-order valence-electron chi connectivity index (χ3n) is 6.29. The van der Waals surface area contributed by atoms with Gasteiger partial charge < -0.3 is 9.80 Å². The van der Waals surface area contributed by atoms with E-state index in [1.807, 2.05) is 9.80 Å². The summed E-state index contributed by atoms with van der Waals surface area (Å²) in [5, 5.41) is 5.17. The van der Waals surface area contributed by atoms with E-state index in [4.69, 9.17) is 17.1 Å². The summed E-state index contributed by atoms with van der Waals surface area (Å²) in [7, 11) is -4.68. The second kappa shape index (κ2) is 8.14. The minimum Gasteiger partial charge on any atom is -0.345 e. The molecule has 2 aliphatic rings. The summed E-state index contributed by atoms with van der Waals surface area (Å²) in [5.41, 5.74) is -0.246. The van der Waals surface area contributed by atoms with Gasteiger partial charge >= 0.3 is 0 Å². The predicted octanol–water partition coefficient (Wildman–Crippen LogP) is 4.48. The summed E-state index contributed by atoms with van der Waals surface area (Å²) >= 11 is 9.60. The molecule has 12 heteroatoms. The van der Waals surface area contributed by atoms with E-state index in [2.05, 4.69) is 31.0 Å². The number of benzene rings is 2.